The molecule has 1 aromatic rings. The van der Waals surface area contributed by atoms with Gasteiger partial charge in [-0.05, 0) is 18.9 Å². The zero-order valence-electron chi connectivity index (χ0n) is 11.7. The van der Waals surface area contributed by atoms with Gasteiger partial charge in [0.05, 0.1) is 0 Å². The fourth-order valence-corrected chi connectivity index (χ4v) is 2.97. The zero-order chi connectivity index (χ0) is 15.5. The lowest BCUT2D eigenvalue weighted by Gasteiger charge is -2.12. The molecule has 0 radical (unpaired) electrons. The summed E-state index contributed by atoms with van der Waals surface area (Å²) in [6.07, 6.45) is 2.35. The van der Waals surface area contributed by atoms with Crippen molar-refractivity contribution in [3.63, 3.8) is 0 Å². The number of sulfonamides is 1. The van der Waals surface area contributed by atoms with E-state index in [0.29, 0.717) is 12.8 Å². The Hall–Kier alpha value is -1.83. The van der Waals surface area contributed by atoms with Gasteiger partial charge in [-0.3, -0.25) is 9.59 Å². The first-order valence-electron chi connectivity index (χ1n) is 6.25. The summed E-state index contributed by atoms with van der Waals surface area (Å²) < 4.78 is 27.5. The molecule has 1 rings (SSSR count). The second-order valence-electron chi connectivity index (χ2n) is 4.52. The second kappa shape index (κ2) is 6.08. The van der Waals surface area contributed by atoms with Crippen LogP contribution in [0.15, 0.2) is 17.2 Å². The van der Waals surface area contributed by atoms with E-state index in [0.717, 1.165) is 6.07 Å². The van der Waals surface area contributed by atoms with Gasteiger partial charge in [-0.1, -0.05) is 13.8 Å². The Balaban J connectivity index is 3.03. The number of hydrogen-bond acceptors (Lipinski definition) is 4. The third kappa shape index (κ3) is 3.38. The lowest BCUT2D eigenvalue weighted by atomic mass is 10.0. The van der Waals surface area contributed by atoms with Gasteiger partial charge in [0, 0.05) is 19.2 Å². The maximum absolute atomic E-state index is 12.1. The lowest BCUT2D eigenvalue weighted by Crippen LogP contribution is -2.35. The van der Waals surface area contributed by atoms with E-state index in [9.17, 15) is 18.0 Å². The Labute approximate surface area is 118 Å². The first kappa shape index (κ1) is 16.2. The highest BCUT2D eigenvalue weighted by Crippen LogP contribution is 2.15. The minimum Gasteiger partial charge on any atom is -0.364 e. The molecule has 20 heavy (non-hydrogen) atoms. The van der Waals surface area contributed by atoms with Gasteiger partial charge in [-0.25, -0.2) is 13.1 Å². The zero-order valence-corrected chi connectivity index (χ0v) is 12.5. The minimum absolute atomic E-state index is 0.0559. The van der Waals surface area contributed by atoms with Crippen LogP contribution in [0.1, 0.15) is 37.2 Å². The van der Waals surface area contributed by atoms with Crippen molar-refractivity contribution >= 4 is 21.8 Å². The number of nitrogens with two attached hydrogens (primary N) is 1. The molecule has 0 saturated heterocycles. The number of aromatic nitrogens is 1. The Bertz CT molecular complexity index is 615. The molecule has 1 aromatic heterocycles. The summed E-state index contributed by atoms with van der Waals surface area (Å²) in [5, 5.41) is 0. The Morgan fingerprint density at radius 2 is 1.90 bits per heavy atom. The number of primary amides is 1. The summed E-state index contributed by atoms with van der Waals surface area (Å²) in [7, 11) is -2.49. The molecule has 0 fully saturated rings. The van der Waals surface area contributed by atoms with Crippen molar-refractivity contribution < 1.29 is 18.0 Å². The average molecular weight is 301 g/mol. The molecule has 0 atom stereocenters. The summed E-state index contributed by atoms with van der Waals surface area (Å²) in [5.74, 6) is -1.64. The molecule has 0 aliphatic rings. The lowest BCUT2D eigenvalue weighted by molar-refractivity contribution is -0.123. The van der Waals surface area contributed by atoms with Crippen LogP contribution in [0.2, 0.25) is 0 Å². The monoisotopic (exact) mass is 301 g/mol. The van der Waals surface area contributed by atoms with Crippen molar-refractivity contribution in [2.75, 3.05) is 0 Å². The molecule has 0 aromatic carbocycles. The molecule has 0 aliphatic heterocycles. The van der Waals surface area contributed by atoms with Crippen molar-refractivity contribution in [1.29, 1.82) is 0 Å². The molecule has 3 N–H and O–H groups in total. The molecule has 0 spiro atoms. The molecule has 112 valence electrons. The Morgan fingerprint density at radius 3 is 2.30 bits per heavy atom. The molecule has 7 nitrogen and oxygen atoms in total. The fraction of sp³-hybridized carbons (Fsp3) is 0.500. The van der Waals surface area contributed by atoms with Crippen LogP contribution in [0, 0.1) is 5.92 Å². The maximum atomic E-state index is 12.1. The van der Waals surface area contributed by atoms with Crippen LogP contribution in [0.5, 0.6) is 0 Å². The van der Waals surface area contributed by atoms with Crippen LogP contribution in [0.25, 0.3) is 0 Å². The molecule has 0 aliphatic carbocycles. The van der Waals surface area contributed by atoms with Gasteiger partial charge >= 0.3 is 0 Å². The number of nitrogens with zero attached hydrogens (tertiary/aromatic N) is 1. The van der Waals surface area contributed by atoms with Crippen LogP contribution in [0.4, 0.5) is 0 Å². The normalized spacial score (nSPS) is 11.6. The van der Waals surface area contributed by atoms with Gasteiger partial charge in [0.15, 0.2) is 0 Å². The van der Waals surface area contributed by atoms with Gasteiger partial charge < -0.3 is 10.3 Å². The van der Waals surface area contributed by atoms with Crippen molar-refractivity contribution in [2.24, 2.45) is 18.7 Å². The van der Waals surface area contributed by atoms with Gasteiger partial charge in [-0.15, -0.1) is 0 Å². The molecular weight excluding hydrogens is 282 g/mol. The molecule has 2 amide bonds. The van der Waals surface area contributed by atoms with E-state index in [4.69, 9.17) is 5.73 Å². The SMILES string of the molecule is CCC(CC)C(=O)NS(=O)(=O)c1cc(C(N)=O)n(C)c1. The molecule has 0 unspecified atom stereocenters. The maximum Gasteiger partial charge on any atom is 0.265 e. The quantitative estimate of drug-likeness (QED) is 0.790. The van der Waals surface area contributed by atoms with Crippen LogP contribution < -0.4 is 10.5 Å². The van der Waals surface area contributed by atoms with Crippen molar-refractivity contribution in [3.8, 4) is 0 Å². The number of aryl methyl sites for hydroxylation is 1. The number of carbonyl (C=O) groups excluding carboxylic acids is 2. The van der Waals surface area contributed by atoms with Gasteiger partial charge in [0.2, 0.25) is 5.91 Å². The van der Waals surface area contributed by atoms with E-state index in [-0.39, 0.29) is 16.5 Å². The highest BCUT2D eigenvalue weighted by atomic mass is 32.2. The predicted octanol–water partition coefficient (Wildman–Crippen LogP) is 0.365. The third-order valence-electron chi connectivity index (χ3n) is 3.13. The summed E-state index contributed by atoms with van der Waals surface area (Å²) >= 11 is 0. The highest BCUT2D eigenvalue weighted by molar-refractivity contribution is 7.90. The number of carbonyl (C=O) groups is 2. The van der Waals surface area contributed by atoms with Gasteiger partial charge in [0.25, 0.3) is 15.9 Å². The first-order valence-corrected chi connectivity index (χ1v) is 7.74. The number of amides is 2. The third-order valence-corrected chi connectivity index (χ3v) is 4.45. The molecule has 8 heteroatoms. The first-order chi connectivity index (χ1) is 9.22. The summed E-state index contributed by atoms with van der Waals surface area (Å²) in [6, 6.07) is 1.14. The molecular formula is C12H19N3O4S. The van der Waals surface area contributed by atoms with Crippen LogP contribution in [-0.2, 0) is 21.9 Å². The van der Waals surface area contributed by atoms with E-state index in [1.54, 1.807) is 0 Å². The van der Waals surface area contributed by atoms with E-state index < -0.39 is 21.8 Å². The summed E-state index contributed by atoms with van der Waals surface area (Å²) in [4.78, 5) is 22.8. The van der Waals surface area contributed by atoms with Crippen molar-refractivity contribution in [3.05, 3.63) is 18.0 Å². The number of hydrogen-bond donors (Lipinski definition) is 2. The predicted molar refractivity (Wildman–Crippen MR) is 73.3 cm³/mol. The van der Waals surface area contributed by atoms with Crippen molar-refractivity contribution in [2.45, 2.75) is 31.6 Å². The van der Waals surface area contributed by atoms with Gasteiger partial charge in [0.1, 0.15) is 10.6 Å². The van der Waals surface area contributed by atoms with Crippen LogP contribution in [-0.4, -0.2) is 24.8 Å². The van der Waals surface area contributed by atoms with Gasteiger partial charge in [-0.2, -0.15) is 0 Å². The largest absolute Gasteiger partial charge is 0.364 e. The average Bonchev–Trinajstić information content (AvgIpc) is 2.73. The minimum atomic E-state index is -3.99. The number of nitrogens with one attached hydrogen (secondary N) is 1. The smallest absolute Gasteiger partial charge is 0.265 e. The van der Waals surface area contributed by atoms with E-state index >= 15 is 0 Å². The van der Waals surface area contributed by atoms with Crippen molar-refractivity contribution in [1.82, 2.24) is 9.29 Å². The van der Waals surface area contributed by atoms with Crippen LogP contribution in [0.3, 0.4) is 0 Å². The standard InChI is InChI=1S/C12H19N3O4S/c1-4-8(5-2)12(17)14-20(18,19)9-6-10(11(13)16)15(3)7-9/h6-8H,4-5H2,1-3H3,(H2,13,16)(H,14,17). The molecule has 0 saturated carbocycles. The fourth-order valence-electron chi connectivity index (χ4n) is 1.86. The Morgan fingerprint density at radius 1 is 1.35 bits per heavy atom. The molecule has 1 heterocycles. The highest BCUT2D eigenvalue weighted by Gasteiger charge is 2.24. The topological polar surface area (TPSA) is 111 Å². The van der Waals surface area contributed by atoms with Crippen LogP contribution >= 0.6 is 0 Å². The summed E-state index contributed by atoms with van der Waals surface area (Å²) in [5.41, 5.74) is 5.18. The second-order valence-corrected chi connectivity index (χ2v) is 6.20. The van der Waals surface area contributed by atoms with E-state index in [1.165, 1.54) is 17.8 Å². The van der Waals surface area contributed by atoms with E-state index in [1.807, 2.05) is 18.6 Å². The Kier molecular flexibility index (Phi) is 4.93. The number of rotatable bonds is 6. The summed E-state index contributed by atoms with van der Waals surface area (Å²) in [6.45, 7) is 3.63. The molecule has 0 bridgehead atoms. The van der Waals surface area contributed by atoms with E-state index in [2.05, 4.69) is 0 Å².